The minimum atomic E-state index is -0.764. The number of aromatic nitrogens is 2. The Kier molecular flexibility index (Phi) is 5.59. The zero-order chi connectivity index (χ0) is 20.3. The van der Waals surface area contributed by atoms with Gasteiger partial charge in [0.1, 0.15) is 11.8 Å². The van der Waals surface area contributed by atoms with Crippen molar-refractivity contribution < 1.29 is 9.53 Å². The molecule has 0 aliphatic rings. The molecule has 0 aliphatic carbocycles. The van der Waals surface area contributed by atoms with E-state index in [1.54, 1.807) is 44.4 Å². The lowest BCUT2D eigenvalue weighted by Gasteiger charge is -2.16. The molecule has 2 aromatic carbocycles. The standard InChI is InChI=1S/C22H23N3O3/c1-14-5-6-15(2)19(13-14)20-11-12-21(26)25(24-20)16(3)22(27)23-17-7-9-18(28-4)10-8-17/h5-13,16H,1-4H3,(H,23,27). The first kappa shape index (κ1) is 19.4. The van der Waals surface area contributed by atoms with Crippen molar-refractivity contribution in [1.82, 2.24) is 9.78 Å². The number of carbonyl (C=O) groups excluding carboxylic acids is 1. The molecule has 3 aromatic rings. The van der Waals surface area contributed by atoms with E-state index in [9.17, 15) is 9.59 Å². The van der Waals surface area contributed by atoms with Gasteiger partial charge in [-0.3, -0.25) is 9.59 Å². The number of nitrogens with one attached hydrogen (secondary N) is 1. The van der Waals surface area contributed by atoms with Crippen molar-refractivity contribution in [3.05, 3.63) is 76.1 Å². The van der Waals surface area contributed by atoms with Gasteiger partial charge in [-0.2, -0.15) is 5.10 Å². The Morgan fingerprint density at radius 1 is 1.07 bits per heavy atom. The SMILES string of the molecule is COc1ccc(NC(=O)C(C)n2nc(-c3cc(C)ccc3C)ccc2=O)cc1. The molecule has 0 radical (unpaired) electrons. The van der Waals surface area contributed by atoms with Gasteiger partial charge in [0, 0.05) is 17.3 Å². The molecule has 0 fully saturated rings. The third-order valence-corrected chi connectivity index (χ3v) is 4.60. The molecular weight excluding hydrogens is 354 g/mol. The van der Waals surface area contributed by atoms with E-state index < -0.39 is 6.04 Å². The van der Waals surface area contributed by atoms with E-state index in [1.165, 1.54) is 10.7 Å². The van der Waals surface area contributed by atoms with Gasteiger partial charge in [0.2, 0.25) is 5.91 Å². The number of hydrogen-bond acceptors (Lipinski definition) is 4. The lowest BCUT2D eigenvalue weighted by atomic mass is 10.0. The maximum atomic E-state index is 12.6. The Morgan fingerprint density at radius 2 is 1.79 bits per heavy atom. The number of benzene rings is 2. The van der Waals surface area contributed by atoms with Crippen LogP contribution in [0.3, 0.4) is 0 Å². The third kappa shape index (κ3) is 4.11. The third-order valence-electron chi connectivity index (χ3n) is 4.60. The number of nitrogens with zero attached hydrogens (tertiary/aromatic N) is 2. The summed E-state index contributed by atoms with van der Waals surface area (Å²) in [5, 5.41) is 7.26. The van der Waals surface area contributed by atoms with Gasteiger partial charge in [0.15, 0.2) is 0 Å². The second-order valence-electron chi connectivity index (χ2n) is 6.71. The average Bonchev–Trinajstić information content (AvgIpc) is 2.70. The number of hydrogen-bond donors (Lipinski definition) is 1. The number of anilines is 1. The fraction of sp³-hybridized carbons (Fsp3) is 0.227. The zero-order valence-corrected chi connectivity index (χ0v) is 16.4. The molecule has 1 amide bonds. The van der Waals surface area contributed by atoms with Crippen molar-refractivity contribution >= 4 is 11.6 Å². The van der Waals surface area contributed by atoms with Gasteiger partial charge in [-0.25, -0.2) is 4.68 Å². The molecule has 1 N–H and O–H groups in total. The largest absolute Gasteiger partial charge is 0.497 e. The summed E-state index contributed by atoms with van der Waals surface area (Å²) in [5.74, 6) is 0.378. The molecule has 28 heavy (non-hydrogen) atoms. The molecule has 1 heterocycles. The summed E-state index contributed by atoms with van der Waals surface area (Å²) in [6, 6.07) is 15.4. The maximum Gasteiger partial charge on any atom is 0.267 e. The van der Waals surface area contributed by atoms with Crippen LogP contribution in [-0.2, 0) is 4.79 Å². The first-order valence-electron chi connectivity index (χ1n) is 9.01. The summed E-state index contributed by atoms with van der Waals surface area (Å²) >= 11 is 0. The van der Waals surface area contributed by atoms with Gasteiger partial charge in [0.25, 0.3) is 5.56 Å². The van der Waals surface area contributed by atoms with Gasteiger partial charge in [0.05, 0.1) is 12.8 Å². The van der Waals surface area contributed by atoms with E-state index in [2.05, 4.69) is 10.4 Å². The number of methoxy groups -OCH3 is 1. The highest BCUT2D eigenvalue weighted by molar-refractivity contribution is 5.93. The second-order valence-corrected chi connectivity index (χ2v) is 6.71. The summed E-state index contributed by atoms with van der Waals surface area (Å²) in [7, 11) is 1.58. The molecule has 6 heteroatoms. The van der Waals surface area contributed by atoms with Crippen LogP contribution >= 0.6 is 0 Å². The predicted octanol–water partition coefficient (Wildman–Crippen LogP) is 3.74. The molecule has 1 atom stereocenters. The summed E-state index contributed by atoms with van der Waals surface area (Å²) in [6.45, 7) is 5.65. The smallest absolute Gasteiger partial charge is 0.267 e. The maximum absolute atomic E-state index is 12.6. The van der Waals surface area contributed by atoms with Crippen molar-refractivity contribution in [2.24, 2.45) is 0 Å². The Bertz CT molecular complexity index is 1060. The molecule has 0 saturated heterocycles. The topological polar surface area (TPSA) is 73.2 Å². The molecule has 0 aliphatic heterocycles. The molecule has 0 bridgehead atoms. The van der Waals surface area contributed by atoms with Crippen LogP contribution in [-0.4, -0.2) is 22.8 Å². The highest BCUT2D eigenvalue weighted by atomic mass is 16.5. The van der Waals surface area contributed by atoms with Crippen LogP contribution in [0.2, 0.25) is 0 Å². The number of amides is 1. The van der Waals surface area contributed by atoms with Crippen LogP contribution in [0.15, 0.2) is 59.4 Å². The van der Waals surface area contributed by atoms with Crippen molar-refractivity contribution in [2.45, 2.75) is 26.8 Å². The van der Waals surface area contributed by atoms with E-state index in [4.69, 9.17) is 4.74 Å². The van der Waals surface area contributed by atoms with E-state index >= 15 is 0 Å². The highest BCUT2D eigenvalue weighted by Crippen LogP contribution is 2.22. The predicted molar refractivity (Wildman–Crippen MR) is 110 cm³/mol. The van der Waals surface area contributed by atoms with Crippen LogP contribution in [0.5, 0.6) is 5.75 Å². The highest BCUT2D eigenvalue weighted by Gasteiger charge is 2.18. The fourth-order valence-corrected chi connectivity index (χ4v) is 2.89. The van der Waals surface area contributed by atoms with Crippen molar-refractivity contribution in [3.8, 4) is 17.0 Å². The number of carbonyl (C=O) groups is 1. The number of rotatable bonds is 5. The normalized spacial score (nSPS) is 11.7. The Morgan fingerprint density at radius 3 is 2.46 bits per heavy atom. The lowest BCUT2D eigenvalue weighted by Crippen LogP contribution is -2.33. The molecule has 0 spiro atoms. The van der Waals surface area contributed by atoms with Crippen LogP contribution in [0.1, 0.15) is 24.1 Å². The minimum absolute atomic E-state index is 0.321. The Hall–Kier alpha value is -3.41. The molecule has 6 nitrogen and oxygen atoms in total. The van der Waals surface area contributed by atoms with Gasteiger partial charge >= 0.3 is 0 Å². The van der Waals surface area contributed by atoms with Gasteiger partial charge in [-0.1, -0.05) is 17.7 Å². The van der Waals surface area contributed by atoms with Crippen LogP contribution in [0.4, 0.5) is 5.69 Å². The number of ether oxygens (including phenoxy) is 1. The van der Waals surface area contributed by atoms with Crippen molar-refractivity contribution in [1.29, 1.82) is 0 Å². The lowest BCUT2D eigenvalue weighted by molar-refractivity contribution is -0.119. The van der Waals surface area contributed by atoms with Crippen molar-refractivity contribution in [2.75, 3.05) is 12.4 Å². The van der Waals surface area contributed by atoms with Crippen molar-refractivity contribution in [3.63, 3.8) is 0 Å². The van der Waals surface area contributed by atoms with Crippen LogP contribution in [0.25, 0.3) is 11.3 Å². The molecule has 3 rings (SSSR count). The molecular formula is C22H23N3O3. The number of aryl methyl sites for hydroxylation is 2. The van der Waals surface area contributed by atoms with E-state index in [1.807, 2.05) is 32.0 Å². The summed E-state index contributed by atoms with van der Waals surface area (Å²) < 4.78 is 6.33. The molecule has 144 valence electrons. The Labute approximate surface area is 163 Å². The van der Waals surface area contributed by atoms with Gasteiger partial charge in [-0.05, 0) is 62.7 Å². The fourth-order valence-electron chi connectivity index (χ4n) is 2.89. The second kappa shape index (κ2) is 8.08. The molecule has 0 saturated carbocycles. The first-order chi connectivity index (χ1) is 13.4. The molecule has 1 unspecified atom stereocenters. The average molecular weight is 377 g/mol. The summed E-state index contributed by atoms with van der Waals surface area (Å²) in [5.41, 5.74) is 4.05. The van der Waals surface area contributed by atoms with Crippen LogP contribution < -0.4 is 15.6 Å². The van der Waals surface area contributed by atoms with E-state index in [0.29, 0.717) is 17.1 Å². The monoisotopic (exact) mass is 377 g/mol. The zero-order valence-electron chi connectivity index (χ0n) is 16.4. The Balaban J connectivity index is 1.88. The summed E-state index contributed by atoms with van der Waals surface area (Å²) in [4.78, 5) is 25.0. The minimum Gasteiger partial charge on any atom is -0.497 e. The first-order valence-corrected chi connectivity index (χ1v) is 9.01. The summed E-state index contributed by atoms with van der Waals surface area (Å²) in [6.07, 6.45) is 0. The van der Waals surface area contributed by atoms with Crippen LogP contribution in [0, 0.1) is 13.8 Å². The quantitative estimate of drug-likeness (QED) is 0.735. The molecule has 1 aromatic heterocycles. The van der Waals surface area contributed by atoms with E-state index in [0.717, 1.165) is 16.7 Å². The van der Waals surface area contributed by atoms with Gasteiger partial charge in [-0.15, -0.1) is 0 Å². The van der Waals surface area contributed by atoms with Gasteiger partial charge < -0.3 is 10.1 Å². The van der Waals surface area contributed by atoms with E-state index in [-0.39, 0.29) is 11.5 Å².